The molecule has 0 amide bonds. The predicted molar refractivity (Wildman–Crippen MR) is 78.8 cm³/mol. The van der Waals surface area contributed by atoms with Crippen LogP contribution in [0.1, 0.15) is 0 Å². The van der Waals surface area contributed by atoms with Crippen molar-refractivity contribution in [1.29, 1.82) is 0 Å². The number of nitrogens with zero attached hydrogens (tertiary/aromatic N) is 2. The molecule has 0 unspecified atom stereocenters. The van der Waals surface area contributed by atoms with Crippen LogP contribution in [0.4, 0.5) is 5.69 Å². The summed E-state index contributed by atoms with van der Waals surface area (Å²) in [6, 6.07) is 7.15. The summed E-state index contributed by atoms with van der Waals surface area (Å²) in [7, 11) is 3.08. The van der Waals surface area contributed by atoms with Gasteiger partial charge in [-0.2, -0.15) is 0 Å². The lowest BCUT2D eigenvalue weighted by Crippen LogP contribution is -2.40. The second kappa shape index (κ2) is 6.17. The fourth-order valence-corrected chi connectivity index (χ4v) is 1.93. The minimum Gasteiger partial charge on any atom is -0.493 e. The van der Waals surface area contributed by atoms with Crippen LogP contribution in [0.2, 0.25) is 0 Å². The zero-order chi connectivity index (χ0) is 15.4. The molecule has 1 heterocycles. The van der Waals surface area contributed by atoms with Crippen LogP contribution in [0.5, 0.6) is 11.5 Å². The summed E-state index contributed by atoms with van der Waals surface area (Å²) in [5, 5.41) is 0. The molecule has 7 nitrogen and oxygen atoms in total. The molecule has 0 fully saturated rings. The number of nitrogen functional groups attached to an aromatic ring is 1. The molecule has 0 saturated heterocycles. The van der Waals surface area contributed by atoms with Gasteiger partial charge in [-0.25, -0.2) is 4.79 Å². The van der Waals surface area contributed by atoms with E-state index in [2.05, 4.69) is 0 Å². The van der Waals surface area contributed by atoms with Gasteiger partial charge < -0.3 is 19.8 Å². The van der Waals surface area contributed by atoms with Crippen molar-refractivity contribution in [3.63, 3.8) is 0 Å². The maximum atomic E-state index is 11.9. The van der Waals surface area contributed by atoms with Crippen molar-refractivity contribution in [2.24, 2.45) is 7.05 Å². The van der Waals surface area contributed by atoms with Gasteiger partial charge in [0, 0.05) is 13.2 Å². The Labute approximate surface area is 121 Å². The molecule has 112 valence electrons. The third kappa shape index (κ3) is 3.07. The predicted octanol–water partition coefficient (Wildman–Crippen LogP) is 0.217. The highest BCUT2D eigenvalue weighted by Crippen LogP contribution is 2.25. The van der Waals surface area contributed by atoms with Crippen molar-refractivity contribution < 1.29 is 9.47 Å². The van der Waals surface area contributed by atoms with Crippen LogP contribution in [0.25, 0.3) is 0 Å². The molecule has 0 aliphatic carbocycles. The summed E-state index contributed by atoms with van der Waals surface area (Å²) in [4.78, 5) is 23.7. The lowest BCUT2D eigenvalue weighted by Gasteiger charge is -2.11. The van der Waals surface area contributed by atoms with Gasteiger partial charge >= 0.3 is 5.69 Å². The number of aromatic nitrogens is 2. The summed E-state index contributed by atoms with van der Waals surface area (Å²) in [6.45, 7) is 0.258. The van der Waals surface area contributed by atoms with Crippen LogP contribution in [0.3, 0.4) is 0 Å². The summed E-state index contributed by atoms with van der Waals surface area (Å²) in [5.41, 5.74) is 4.64. The van der Waals surface area contributed by atoms with E-state index >= 15 is 0 Å². The molecule has 0 spiro atoms. The third-order valence-corrected chi connectivity index (χ3v) is 3.00. The molecular weight excluding hydrogens is 274 g/mol. The Morgan fingerprint density at radius 3 is 2.52 bits per heavy atom. The lowest BCUT2D eigenvalue weighted by atomic mass is 10.3. The zero-order valence-electron chi connectivity index (χ0n) is 11.9. The first-order chi connectivity index (χ1) is 10.0. The van der Waals surface area contributed by atoms with Gasteiger partial charge in [-0.05, 0) is 12.1 Å². The maximum absolute atomic E-state index is 11.9. The standard InChI is InChI=1S/C14H17N3O4/c1-16-9-10(15)13(18)17(14(16)19)7-8-21-12-6-4-3-5-11(12)20-2/h3-6,9H,7-8,15H2,1-2H3. The number of methoxy groups -OCH3 is 1. The highest BCUT2D eigenvalue weighted by atomic mass is 16.5. The first-order valence-corrected chi connectivity index (χ1v) is 6.36. The van der Waals surface area contributed by atoms with Crippen molar-refractivity contribution in [2.45, 2.75) is 6.54 Å². The van der Waals surface area contributed by atoms with E-state index in [-0.39, 0.29) is 18.8 Å². The average molecular weight is 291 g/mol. The lowest BCUT2D eigenvalue weighted by molar-refractivity contribution is 0.275. The molecule has 0 radical (unpaired) electrons. The van der Waals surface area contributed by atoms with Gasteiger partial charge in [0.25, 0.3) is 5.56 Å². The van der Waals surface area contributed by atoms with Crippen molar-refractivity contribution in [1.82, 2.24) is 9.13 Å². The Kier molecular flexibility index (Phi) is 4.32. The average Bonchev–Trinajstić information content (AvgIpc) is 2.49. The van der Waals surface area contributed by atoms with Crippen molar-refractivity contribution in [2.75, 3.05) is 19.5 Å². The van der Waals surface area contributed by atoms with E-state index in [1.165, 1.54) is 17.8 Å². The van der Waals surface area contributed by atoms with Crippen molar-refractivity contribution in [3.8, 4) is 11.5 Å². The van der Waals surface area contributed by atoms with E-state index in [4.69, 9.17) is 15.2 Å². The third-order valence-electron chi connectivity index (χ3n) is 3.00. The zero-order valence-corrected chi connectivity index (χ0v) is 11.9. The van der Waals surface area contributed by atoms with Gasteiger partial charge in [-0.15, -0.1) is 0 Å². The van der Waals surface area contributed by atoms with Gasteiger partial charge in [0.1, 0.15) is 12.3 Å². The van der Waals surface area contributed by atoms with E-state index in [0.717, 1.165) is 4.57 Å². The van der Waals surface area contributed by atoms with E-state index in [0.29, 0.717) is 11.5 Å². The summed E-state index contributed by atoms with van der Waals surface area (Å²) in [6.07, 6.45) is 1.31. The van der Waals surface area contributed by atoms with Crippen molar-refractivity contribution in [3.05, 3.63) is 51.3 Å². The second-order valence-electron chi connectivity index (χ2n) is 4.43. The molecule has 0 aliphatic heterocycles. The smallest absolute Gasteiger partial charge is 0.330 e. The normalized spacial score (nSPS) is 10.4. The number of rotatable bonds is 5. The van der Waals surface area contributed by atoms with E-state index in [1.807, 2.05) is 12.1 Å². The van der Waals surface area contributed by atoms with Crippen LogP contribution in [0.15, 0.2) is 40.1 Å². The largest absolute Gasteiger partial charge is 0.493 e. The number of anilines is 1. The van der Waals surface area contributed by atoms with Gasteiger partial charge in [-0.3, -0.25) is 9.36 Å². The topological polar surface area (TPSA) is 88.5 Å². The Morgan fingerprint density at radius 2 is 1.86 bits per heavy atom. The van der Waals surface area contributed by atoms with Crippen LogP contribution >= 0.6 is 0 Å². The summed E-state index contributed by atoms with van der Waals surface area (Å²) >= 11 is 0. The number of hydrogen-bond donors (Lipinski definition) is 1. The molecule has 0 atom stereocenters. The first kappa shape index (κ1) is 14.7. The molecular formula is C14H17N3O4. The number of hydrogen-bond acceptors (Lipinski definition) is 5. The number of ether oxygens (including phenoxy) is 2. The van der Waals surface area contributed by atoms with Gasteiger partial charge in [0.2, 0.25) is 0 Å². The minimum absolute atomic E-state index is 0.0226. The van der Waals surface area contributed by atoms with Gasteiger partial charge in [0.05, 0.1) is 13.7 Å². The van der Waals surface area contributed by atoms with Crippen LogP contribution in [-0.2, 0) is 13.6 Å². The fraction of sp³-hybridized carbons (Fsp3) is 0.286. The molecule has 0 aliphatic rings. The molecule has 1 aromatic carbocycles. The molecule has 7 heteroatoms. The van der Waals surface area contributed by atoms with Crippen LogP contribution in [-0.4, -0.2) is 22.9 Å². The Bertz CT molecular complexity index is 714. The quantitative estimate of drug-likeness (QED) is 0.851. The fourth-order valence-electron chi connectivity index (χ4n) is 1.93. The van der Waals surface area contributed by atoms with Crippen LogP contribution < -0.4 is 26.5 Å². The SMILES string of the molecule is COc1ccccc1OCCn1c(=O)c(N)cn(C)c1=O. The molecule has 2 aromatic rings. The second-order valence-corrected chi connectivity index (χ2v) is 4.43. The Morgan fingerprint density at radius 1 is 1.19 bits per heavy atom. The first-order valence-electron chi connectivity index (χ1n) is 6.36. The number of benzene rings is 1. The molecule has 21 heavy (non-hydrogen) atoms. The van der Waals surface area contributed by atoms with Crippen LogP contribution in [0, 0.1) is 0 Å². The van der Waals surface area contributed by atoms with E-state index < -0.39 is 11.2 Å². The number of aryl methyl sites for hydroxylation is 1. The van der Waals surface area contributed by atoms with E-state index in [9.17, 15) is 9.59 Å². The highest BCUT2D eigenvalue weighted by molar-refractivity contribution is 5.39. The molecule has 0 bridgehead atoms. The number of para-hydroxylation sites is 2. The molecule has 2 rings (SSSR count). The summed E-state index contributed by atoms with van der Waals surface area (Å²) < 4.78 is 13.0. The van der Waals surface area contributed by atoms with E-state index in [1.54, 1.807) is 19.2 Å². The van der Waals surface area contributed by atoms with Crippen molar-refractivity contribution >= 4 is 5.69 Å². The molecule has 0 saturated carbocycles. The maximum Gasteiger partial charge on any atom is 0.330 e. The van der Waals surface area contributed by atoms with Gasteiger partial charge in [-0.1, -0.05) is 12.1 Å². The molecule has 1 aromatic heterocycles. The van der Waals surface area contributed by atoms with Gasteiger partial charge in [0.15, 0.2) is 11.5 Å². The number of nitrogens with two attached hydrogens (primary N) is 1. The Balaban J connectivity index is 2.15. The highest BCUT2D eigenvalue weighted by Gasteiger charge is 2.08. The summed E-state index contributed by atoms with van der Waals surface area (Å²) in [5.74, 6) is 1.14. The molecule has 2 N–H and O–H groups in total. The Hall–Kier alpha value is -2.70. The minimum atomic E-state index is -0.512. The monoisotopic (exact) mass is 291 g/mol.